The number of likely N-dealkylation sites (tertiary alicyclic amines) is 1. The van der Waals surface area contributed by atoms with Crippen molar-refractivity contribution >= 4 is 23.9 Å². The number of methoxy groups -OCH3 is 1. The number of rotatable bonds is 5. The maximum atomic E-state index is 12.0. The molecule has 0 aromatic heterocycles. The fourth-order valence-corrected chi connectivity index (χ4v) is 2.08. The first kappa shape index (κ1) is 16.7. The molecule has 1 rings (SSSR count). The van der Waals surface area contributed by atoms with Crippen LogP contribution in [0.3, 0.4) is 0 Å². The number of carboxylic acid groups (broad SMARTS) is 1. The average Bonchev–Trinajstić information content (AvgIpc) is 2.46. The Labute approximate surface area is 121 Å². The summed E-state index contributed by atoms with van der Waals surface area (Å²) in [6.45, 7) is 0.548. The number of aliphatic carboxylic acids is 1. The van der Waals surface area contributed by atoms with Gasteiger partial charge in [0.15, 0.2) is 0 Å². The molecule has 1 aliphatic rings. The predicted molar refractivity (Wildman–Crippen MR) is 70.1 cm³/mol. The first-order chi connectivity index (χ1) is 9.85. The summed E-state index contributed by atoms with van der Waals surface area (Å²) in [5, 5.41) is 11.2. The minimum atomic E-state index is -1.38. The molecule has 9 nitrogen and oxygen atoms in total. The number of carbonyl (C=O) groups is 4. The number of nitrogens with two attached hydrogens (primary N) is 1. The van der Waals surface area contributed by atoms with E-state index in [2.05, 4.69) is 10.1 Å². The molecule has 2 atom stereocenters. The van der Waals surface area contributed by atoms with Crippen LogP contribution in [-0.2, 0) is 19.1 Å². The normalized spacial score (nSPS) is 19.5. The maximum Gasteiger partial charge on any atom is 0.326 e. The van der Waals surface area contributed by atoms with E-state index in [-0.39, 0.29) is 6.54 Å². The summed E-state index contributed by atoms with van der Waals surface area (Å²) in [5.74, 6) is -3.00. The average molecular weight is 301 g/mol. The number of esters is 1. The van der Waals surface area contributed by atoms with Crippen LogP contribution in [0.15, 0.2) is 0 Å². The lowest BCUT2D eigenvalue weighted by molar-refractivity contribution is -0.147. The molecule has 21 heavy (non-hydrogen) atoms. The standard InChI is InChI=1S/C12H19N3O6/c1-21-9(16)5-8(11(18)19)14-12(20)15-4-2-3-7(6-15)10(13)17/h7-8H,2-6H2,1H3,(H2,13,17)(H,14,20)(H,18,19)/t7?,8-/m0/s1. The molecule has 0 aromatic carbocycles. The van der Waals surface area contributed by atoms with Crippen molar-refractivity contribution in [2.24, 2.45) is 11.7 Å². The molecular weight excluding hydrogens is 282 g/mol. The van der Waals surface area contributed by atoms with Gasteiger partial charge in [0, 0.05) is 13.1 Å². The van der Waals surface area contributed by atoms with Gasteiger partial charge in [-0.25, -0.2) is 9.59 Å². The van der Waals surface area contributed by atoms with E-state index in [1.807, 2.05) is 0 Å². The highest BCUT2D eigenvalue weighted by molar-refractivity contribution is 5.87. The lowest BCUT2D eigenvalue weighted by Crippen LogP contribution is -2.52. The summed E-state index contributed by atoms with van der Waals surface area (Å²) in [4.78, 5) is 46.6. The second-order valence-corrected chi connectivity index (χ2v) is 4.81. The number of piperidine rings is 1. The summed E-state index contributed by atoms with van der Waals surface area (Å²) in [6.07, 6.45) is 0.740. The van der Waals surface area contributed by atoms with Crippen LogP contribution in [0, 0.1) is 5.92 Å². The van der Waals surface area contributed by atoms with Crippen molar-refractivity contribution in [3.8, 4) is 0 Å². The number of urea groups is 1. The topological polar surface area (TPSA) is 139 Å². The van der Waals surface area contributed by atoms with Crippen molar-refractivity contribution in [3.63, 3.8) is 0 Å². The molecule has 9 heteroatoms. The van der Waals surface area contributed by atoms with Gasteiger partial charge in [-0.2, -0.15) is 0 Å². The van der Waals surface area contributed by atoms with Crippen molar-refractivity contribution < 1.29 is 29.0 Å². The van der Waals surface area contributed by atoms with E-state index in [0.29, 0.717) is 19.4 Å². The van der Waals surface area contributed by atoms with Gasteiger partial charge in [-0.15, -0.1) is 0 Å². The lowest BCUT2D eigenvalue weighted by atomic mass is 9.98. The van der Waals surface area contributed by atoms with Crippen LogP contribution < -0.4 is 11.1 Å². The number of hydrogen-bond donors (Lipinski definition) is 3. The molecule has 1 aliphatic heterocycles. The first-order valence-corrected chi connectivity index (χ1v) is 6.49. The van der Waals surface area contributed by atoms with E-state index in [1.54, 1.807) is 0 Å². The molecule has 0 saturated carbocycles. The van der Waals surface area contributed by atoms with Gasteiger partial charge in [0.25, 0.3) is 0 Å². The largest absolute Gasteiger partial charge is 0.480 e. The number of hydrogen-bond acceptors (Lipinski definition) is 5. The zero-order chi connectivity index (χ0) is 16.0. The van der Waals surface area contributed by atoms with E-state index in [1.165, 1.54) is 4.90 Å². The highest BCUT2D eigenvalue weighted by Crippen LogP contribution is 2.16. The zero-order valence-corrected chi connectivity index (χ0v) is 11.7. The minimum absolute atomic E-state index is 0.145. The first-order valence-electron chi connectivity index (χ1n) is 6.49. The van der Waals surface area contributed by atoms with Gasteiger partial charge < -0.3 is 25.8 Å². The molecule has 3 amide bonds. The Morgan fingerprint density at radius 2 is 2.10 bits per heavy atom. The SMILES string of the molecule is COC(=O)C[C@H](NC(=O)N1CCCC(C(N)=O)C1)C(=O)O. The maximum absolute atomic E-state index is 12.0. The van der Waals surface area contributed by atoms with Crippen LogP contribution in [-0.4, -0.2) is 60.1 Å². The van der Waals surface area contributed by atoms with Crippen LogP contribution in [0.25, 0.3) is 0 Å². The van der Waals surface area contributed by atoms with Gasteiger partial charge >= 0.3 is 18.0 Å². The Balaban J connectivity index is 2.62. The van der Waals surface area contributed by atoms with E-state index < -0.39 is 42.3 Å². The fourth-order valence-electron chi connectivity index (χ4n) is 2.08. The number of carboxylic acids is 1. The van der Waals surface area contributed by atoms with E-state index in [0.717, 1.165) is 7.11 Å². The number of primary amides is 1. The van der Waals surface area contributed by atoms with Gasteiger partial charge in [-0.05, 0) is 12.8 Å². The molecule has 118 valence electrons. The Morgan fingerprint density at radius 1 is 1.43 bits per heavy atom. The highest BCUT2D eigenvalue weighted by Gasteiger charge is 2.30. The Kier molecular flexibility index (Phi) is 5.94. The molecule has 0 spiro atoms. The van der Waals surface area contributed by atoms with E-state index in [4.69, 9.17) is 10.8 Å². The summed E-state index contributed by atoms with van der Waals surface area (Å²) in [7, 11) is 1.13. The number of nitrogens with zero attached hydrogens (tertiary/aromatic N) is 1. The Bertz CT molecular complexity index is 439. The number of ether oxygens (including phenoxy) is 1. The molecule has 4 N–H and O–H groups in total. The Hall–Kier alpha value is -2.32. The van der Waals surface area contributed by atoms with Crippen LogP contribution in [0.5, 0.6) is 0 Å². The van der Waals surface area contributed by atoms with Crippen molar-refractivity contribution in [2.75, 3.05) is 20.2 Å². The van der Waals surface area contributed by atoms with Gasteiger partial charge in [-0.1, -0.05) is 0 Å². The quantitative estimate of drug-likeness (QED) is 0.551. The Morgan fingerprint density at radius 3 is 2.62 bits per heavy atom. The summed E-state index contributed by atoms with van der Waals surface area (Å²) >= 11 is 0. The molecule has 1 fully saturated rings. The molecule has 0 radical (unpaired) electrons. The summed E-state index contributed by atoms with van der Waals surface area (Å²) < 4.78 is 4.38. The predicted octanol–water partition coefficient (Wildman–Crippen LogP) is -1.09. The number of nitrogens with one attached hydrogen (secondary N) is 1. The smallest absolute Gasteiger partial charge is 0.326 e. The van der Waals surface area contributed by atoms with E-state index in [9.17, 15) is 19.2 Å². The summed E-state index contributed by atoms with van der Waals surface area (Å²) in [6, 6.07) is -2.02. The molecule has 1 saturated heterocycles. The molecule has 1 heterocycles. The highest BCUT2D eigenvalue weighted by atomic mass is 16.5. The molecule has 0 aromatic rings. The lowest BCUT2D eigenvalue weighted by Gasteiger charge is -2.32. The summed E-state index contributed by atoms with van der Waals surface area (Å²) in [5.41, 5.74) is 5.21. The third-order valence-corrected chi connectivity index (χ3v) is 3.31. The molecule has 0 bridgehead atoms. The second-order valence-electron chi connectivity index (χ2n) is 4.81. The van der Waals surface area contributed by atoms with Crippen molar-refractivity contribution in [1.29, 1.82) is 0 Å². The third kappa shape index (κ3) is 4.93. The second kappa shape index (κ2) is 7.46. The van der Waals surface area contributed by atoms with Crippen LogP contribution in [0.2, 0.25) is 0 Å². The van der Waals surface area contributed by atoms with Crippen molar-refractivity contribution in [3.05, 3.63) is 0 Å². The number of carbonyl (C=O) groups excluding carboxylic acids is 3. The van der Waals surface area contributed by atoms with E-state index >= 15 is 0 Å². The molecule has 1 unspecified atom stereocenters. The number of amides is 3. The van der Waals surface area contributed by atoms with Gasteiger partial charge in [-0.3, -0.25) is 9.59 Å². The van der Waals surface area contributed by atoms with Crippen LogP contribution in [0.1, 0.15) is 19.3 Å². The van der Waals surface area contributed by atoms with Gasteiger partial charge in [0.1, 0.15) is 6.04 Å². The molecule has 0 aliphatic carbocycles. The molecular formula is C12H19N3O6. The zero-order valence-electron chi connectivity index (χ0n) is 11.7. The van der Waals surface area contributed by atoms with Crippen molar-refractivity contribution in [1.82, 2.24) is 10.2 Å². The monoisotopic (exact) mass is 301 g/mol. The van der Waals surface area contributed by atoms with Crippen molar-refractivity contribution in [2.45, 2.75) is 25.3 Å². The van der Waals surface area contributed by atoms with Gasteiger partial charge in [0.2, 0.25) is 5.91 Å². The third-order valence-electron chi connectivity index (χ3n) is 3.31. The van der Waals surface area contributed by atoms with Gasteiger partial charge in [0.05, 0.1) is 19.4 Å². The van der Waals surface area contributed by atoms with Crippen LogP contribution >= 0.6 is 0 Å². The fraction of sp³-hybridized carbons (Fsp3) is 0.667. The minimum Gasteiger partial charge on any atom is -0.480 e. The van der Waals surface area contributed by atoms with Crippen LogP contribution in [0.4, 0.5) is 4.79 Å².